The molecule has 0 atom stereocenters. The van der Waals surface area contributed by atoms with Gasteiger partial charge in [-0.15, -0.1) is 0 Å². The van der Waals surface area contributed by atoms with Crippen LogP contribution in [0, 0.1) is 0 Å². The van der Waals surface area contributed by atoms with E-state index in [2.05, 4.69) is 0 Å². The van der Waals surface area contributed by atoms with Crippen molar-refractivity contribution in [3.8, 4) is 5.75 Å². The Morgan fingerprint density at radius 2 is 1.94 bits per heavy atom. The SMILES string of the molecule is COc1c2c(n(C)c1CO)C(=O)C=CC2=O. The van der Waals surface area contributed by atoms with Crippen LogP contribution in [0.4, 0.5) is 0 Å². The van der Waals surface area contributed by atoms with E-state index in [-0.39, 0.29) is 35.2 Å². The average Bonchev–Trinajstić information content (AvgIpc) is 2.57. The van der Waals surface area contributed by atoms with Gasteiger partial charge in [0.15, 0.2) is 11.5 Å². The summed E-state index contributed by atoms with van der Waals surface area (Å²) in [7, 11) is 3.03. The molecule has 0 saturated carbocycles. The number of methoxy groups -OCH3 is 1. The van der Waals surface area contributed by atoms with Gasteiger partial charge >= 0.3 is 0 Å². The molecule has 0 aliphatic heterocycles. The van der Waals surface area contributed by atoms with E-state index in [4.69, 9.17) is 4.74 Å². The van der Waals surface area contributed by atoms with E-state index in [1.54, 1.807) is 7.05 Å². The maximum Gasteiger partial charge on any atom is 0.203 e. The first-order valence-electron chi connectivity index (χ1n) is 4.75. The van der Waals surface area contributed by atoms with Gasteiger partial charge in [0.05, 0.1) is 25.0 Å². The largest absolute Gasteiger partial charge is 0.494 e. The van der Waals surface area contributed by atoms with E-state index < -0.39 is 0 Å². The summed E-state index contributed by atoms with van der Waals surface area (Å²) in [6.45, 7) is -0.284. The third-order valence-electron chi connectivity index (χ3n) is 2.69. The summed E-state index contributed by atoms with van der Waals surface area (Å²) >= 11 is 0. The van der Waals surface area contributed by atoms with Crippen molar-refractivity contribution in [1.29, 1.82) is 0 Å². The van der Waals surface area contributed by atoms with Gasteiger partial charge in [-0.2, -0.15) is 0 Å². The monoisotopic (exact) mass is 221 g/mol. The van der Waals surface area contributed by atoms with Crippen LogP contribution in [-0.4, -0.2) is 28.3 Å². The van der Waals surface area contributed by atoms with Gasteiger partial charge in [-0.3, -0.25) is 9.59 Å². The summed E-state index contributed by atoms with van der Waals surface area (Å²) in [4.78, 5) is 23.3. The van der Waals surface area contributed by atoms with E-state index in [9.17, 15) is 14.7 Å². The fraction of sp³-hybridized carbons (Fsp3) is 0.273. The summed E-state index contributed by atoms with van der Waals surface area (Å²) in [5.74, 6) is -0.250. The molecule has 0 aromatic carbocycles. The molecule has 0 saturated heterocycles. The van der Waals surface area contributed by atoms with E-state index in [1.807, 2.05) is 0 Å². The van der Waals surface area contributed by atoms with Gasteiger partial charge in [-0.1, -0.05) is 0 Å². The third kappa shape index (κ3) is 1.22. The van der Waals surface area contributed by atoms with Crippen molar-refractivity contribution in [3.05, 3.63) is 29.1 Å². The molecular formula is C11H11NO4. The van der Waals surface area contributed by atoms with Crippen molar-refractivity contribution in [3.63, 3.8) is 0 Å². The van der Waals surface area contributed by atoms with Gasteiger partial charge in [0.1, 0.15) is 5.69 Å². The lowest BCUT2D eigenvalue weighted by Gasteiger charge is -2.06. The number of fused-ring (bicyclic) bond motifs is 1. The van der Waals surface area contributed by atoms with Gasteiger partial charge in [0.2, 0.25) is 5.78 Å². The predicted octanol–water partition coefficient (Wildman–Crippen LogP) is 0.461. The molecule has 5 heteroatoms. The molecule has 1 heterocycles. The van der Waals surface area contributed by atoms with E-state index in [0.29, 0.717) is 5.69 Å². The fourth-order valence-electron chi connectivity index (χ4n) is 1.94. The zero-order valence-electron chi connectivity index (χ0n) is 8.98. The van der Waals surface area contributed by atoms with Crippen LogP contribution in [0.15, 0.2) is 12.2 Å². The molecule has 1 aromatic rings. The molecular weight excluding hydrogens is 210 g/mol. The summed E-state index contributed by atoms with van der Waals surface area (Å²) in [5, 5.41) is 9.21. The lowest BCUT2D eigenvalue weighted by molar-refractivity contribution is 0.0987. The predicted molar refractivity (Wildman–Crippen MR) is 55.7 cm³/mol. The van der Waals surface area contributed by atoms with Gasteiger partial charge in [0, 0.05) is 7.05 Å². The number of aromatic nitrogens is 1. The van der Waals surface area contributed by atoms with Crippen LogP contribution in [0.3, 0.4) is 0 Å². The Morgan fingerprint density at radius 3 is 2.50 bits per heavy atom. The van der Waals surface area contributed by atoms with E-state index >= 15 is 0 Å². The number of nitrogens with zero attached hydrogens (tertiary/aromatic N) is 1. The lowest BCUT2D eigenvalue weighted by atomic mass is 10.0. The second kappa shape index (κ2) is 3.61. The number of allylic oxidation sites excluding steroid dienone is 2. The van der Waals surface area contributed by atoms with Crippen LogP contribution in [-0.2, 0) is 13.7 Å². The standard InChI is InChI=1S/C11H11NO4/c1-12-6(5-13)11(16-2)9-7(14)3-4-8(15)10(9)12/h3-4,13H,5H2,1-2H3. The highest BCUT2D eigenvalue weighted by Gasteiger charge is 2.30. The summed E-state index contributed by atoms with van der Waals surface area (Å²) in [5.41, 5.74) is 0.938. The number of hydrogen-bond donors (Lipinski definition) is 1. The molecule has 0 spiro atoms. The Morgan fingerprint density at radius 1 is 1.31 bits per heavy atom. The van der Waals surface area contributed by atoms with Crippen LogP contribution < -0.4 is 4.74 Å². The molecule has 0 unspecified atom stereocenters. The van der Waals surface area contributed by atoms with E-state index in [0.717, 1.165) is 0 Å². The second-order valence-electron chi connectivity index (χ2n) is 3.48. The molecule has 5 nitrogen and oxygen atoms in total. The van der Waals surface area contributed by atoms with Gasteiger partial charge in [0.25, 0.3) is 0 Å². The van der Waals surface area contributed by atoms with Crippen molar-refractivity contribution in [2.45, 2.75) is 6.61 Å². The molecule has 84 valence electrons. The second-order valence-corrected chi connectivity index (χ2v) is 3.48. The Hall–Kier alpha value is -1.88. The molecule has 0 fully saturated rings. The number of carbonyl (C=O) groups is 2. The number of hydrogen-bond acceptors (Lipinski definition) is 4. The summed E-state index contributed by atoms with van der Waals surface area (Å²) < 4.78 is 6.58. The third-order valence-corrected chi connectivity index (χ3v) is 2.69. The van der Waals surface area contributed by atoms with Crippen molar-refractivity contribution >= 4 is 11.6 Å². The molecule has 0 amide bonds. The minimum atomic E-state index is -0.284. The Labute approximate surface area is 91.9 Å². The highest BCUT2D eigenvalue weighted by Crippen LogP contribution is 2.33. The maximum atomic E-state index is 11.7. The zero-order valence-corrected chi connectivity index (χ0v) is 8.98. The quantitative estimate of drug-likeness (QED) is 0.787. The normalized spacial score (nSPS) is 14.2. The molecule has 1 N–H and O–H groups in total. The molecule has 0 bridgehead atoms. The zero-order chi connectivity index (χ0) is 11.9. The van der Waals surface area contributed by atoms with Gasteiger partial charge in [-0.05, 0) is 12.2 Å². The number of rotatable bonds is 2. The smallest absolute Gasteiger partial charge is 0.203 e. The minimum Gasteiger partial charge on any atom is -0.494 e. The molecule has 1 aliphatic carbocycles. The van der Waals surface area contributed by atoms with Crippen molar-refractivity contribution in [1.82, 2.24) is 4.57 Å². The van der Waals surface area contributed by atoms with Crippen molar-refractivity contribution in [2.24, 2.45) is 7.05 Å². The molecule has 2 rings (SSSR count). The number of aliphatic hydroxyl groups excluding tert-OH is 1. The average molecular weight is 221 g/mol. The first-order chi connectivity index (χ1) is 7.61. The van der Waals surface area contributed by atoms with Crippen LogP contribution in [0.2, 0.25) is 0 Å². The lowest BCUT2D eigenvalue weighted by Crippen LogP contribution is -2.14. The first-order valence-corrected chi connectivity index (χ1v) is 4.75. The fourth-order valence-corrected chi connectivity index (χ4v) is 1.94. The maximum absolute atomic E-state index is 11.7. The number of ketones is 2. The number of carbonyl (C=O) groups excluding carboxylic acids is 2. The number of ether oxygens (including phenoxy) is 1. The molecule has 16 heavy (non-hydrogen) atoms. The van der Waals surface area contributed by atoms with E-state index in [1.165, 1.54) is 23.8 Å². The van der Waals surface area contributed by atoms with Crippen molar-refractivity contribution < 1.29 is 19.4 Å². The van der Waals surface area contributed by atoms with Crippen molar-refractivity contribution in [2.75, 3.05) is 7.11 Å². The van der Waals surface area contributed by atoms with Crippen LogP contribution in [0.5, 0.6) is 5.75 Å². The van der Waals surface area contributed by atoms with Gasteiger partial charge in [-0.25, -0.2) is 0 Å². The van der Waals surface area contributed by atoms with Gasteiger partial charge < -0.3 is 14.4 Å². The Balaban J connectivity index is 2.79. The Kier molecular flexibility index (Phi) is 2.40. The van der Waals surface area contributed by atoms with Crippen LogP contribution in [0.25, 0.3) is 0 Å². The Bertz CT molecular complexity index is 511. The summed E-state index contributed by atoms with van der Waals surface area (Å²) in [6, 6.07) is 0. The first kappa shape index (κ1) is 10.6. The highest BCUT2D eigenvalue weighted by atomic mass is 16.5. The minimum absolute atomic E-state index is 0.238. The molecule has 0 radical (unpaired) electrons. The van der Waals surface area contributed by atoms with Crippen LogP contribution >= 0.6 is 0 Å². The summed E-state index contributed by atoms with van der Waals surface area (Å²) in [6.07, 6.45) is 2.44. The molecule has 1 aromatic heterocycles. The van der Waals surface area contributed by atoms with Crippen LogP contribution in [0.1, 0.15) is 26.5 Å². The highest BCUT2D eigenvalue weighted by molar-refractivity contribution is 6.23. The number of aliphatic hydroxyl groups is 1. The molecule has 1 aliphatic rings. The topological polar surface area (TPSA) is 68.5 Å².